The lowest BCUT2D eigenvalue weighted by Gasteiger charge is -1.97. The van der Waals surface area contributed by atoms with Gasteiger partial charge in [-0.3, -0.25) is 5.10 Å². The lowest BCUT2D eigenvalue weighted by molar-refractivity contribution is -0.144. The molecule has 86 valence electrons. The Morgan fingerprint density at radius 3 is 2.62 bits per heavy atom. The van der Waals surface area contributed by atoms with Gasteiger partial charge in [0.15, 0.2) is 5.13 Å². The lowest BCUT2D eigenvalue weighted by Crippen LogP contribution is -2.07. The molecular formula is C7H6F3N5S. The van der Waals surface area contributed by atoms with E-state index < -0.39 is 12.0 Å². The van der Waals surface area contributed by atoms with Crippen LogP contribution in [0, 0.1) is 0 Å². The Morgan fingerprint density at radius 1 is 1.38 bits per heavy atom. The van der Waals surface area contributed by atoms with Gasteiger partial charge in [0.05, 0.1) is 12.1 Å². The first-order chi connectivity index (χ1) is 7.45. The maximum absolute atomic E-state index is 12.2. The fourth-order valence-electron chi connectivity index (χ4n) is 1.08. The van der Waals surface area contributed by atoms with Crippen molar-refractivity contribution in [3.8, 4) is 0 Å². The van der Waals surface area contributed by atoms with Crippen LogP contribution in [0.5, 0.6) is 0 Å². The van der Waals surface area contributed by atoms with Gasteiger partial charge < -0.3 is 5.73 Å². The number of thiazole rings is 1. The van der Waals surface area contributed by atoms with Gasteiger partial charge in [-0.15, -0.1) is 16.4 Å². The number of rotatable bonds is 2. The Bertz CT molecular complexity index is 488. The van der Waals surface area contributed by atoms with Crippen LogP contribution in [0.2, 0.25) is 0 Å². The van der Waals surface area contributed by atoms with Crippen LogP contribution in [-0.4, -0.2) is 20.2 Å². The highest BCUT2D eigenvalue weighted by atomic mass is 32.1. The summed E-state index contributed by atoms with van der Waals surface area (Å²) in [7, 11) is 0. The zero-order valence-electron chi connectivity index (χ0n) is 7.75. The summed E-state index contributed by atoms with van der Waals surface area (Å²) in [6.07, 6.45) is -4.38. The van der Waals surface area contributed by atoms with Gasteiger partial charge in [-0.25, -0.2) is 9.97 Å². The Labute approximate surface area is 91.5 Å². The van der Waals surface area contributed by atoms with E-state index in [2.05, 4.69) is 20.2 Å². The Kier molecular flexibility index (Phi) is 2.54. The van der Waals surface area contributed by atoms with Gasteiger partial charge in [0, 0.05) is 5.38 Å². The molecule has 0 aromatic carbocycles. The molecule has 0 unspecified atom stereocenters. The summed E-state index contributed by atoms with van der Waals surface area (Å²) in [6, 6.07) is 0. The second-order valence-corrected chi connectivity index (χ2v) is 3.85. The minimum atomic E-state index is -4.53. The molecule has 3 N–H and O–H groups in total. The number of hydrogen-bond acceptors (Lipinski definition) is 5. The van der Waals surface area contributed by atoms with E-state index in [1.54, 1.807) is 5.38 Å². The third-order valence-corrected chi connectivity index (χ3v) is 2.43. The average Bonchev–Trinajstić information content (AvgIpc) is 2.74. The van der Waals surface area contributed by atoms with Crippen LogP contribution in [0.25, 0.3) is 0 Å². The Hall–Kier alpha value is -1.64. The molecule has 0 spiro atoms. The number of nitrogen functional groups attached to an aromatic ring is 1. The molecule has 0 aliphatic rings. The largest absolute Gasteiger partial charge is 0.453 e. The molecule has 2 aromatic heterocycles. The van der Waals surface area contributed by atoms with Crippen molar-refractivity contribution in [2.45, 2.75) is 12.6 Å². The number of H-pyrrole nitrogens is 1. The van der Waals surface area contributed by atoms with Crippen molar-refractivity contribution in [2.75, 3.05) is 5.73 Å². The average molecular weight is 249 g/mol. The lowest BCUT2D eigenvalue weighted by atomic mass is 10.3. The van der Waals surface area contributed by atoms with Crippen LogP contribution in [0.1, 0.15) is 17.3 Å². The van der Waals surface area contributed by atoms with Crippen molar-refractivity contribution in [3.63, 3.8) is 0 Å². The van der Waals surface area contributed by atoms with Gasteiger partial charge in [0.2, 0.25) is 0 Å². The molecule has 0 saturated heterocycles. The molecule has 0 atom stereocenters. The summed E-state index contributed by atoms with van der Waals surface area (Å²) in [4.78, 5) is 7.22. The molecule has 5 nitrogen and oxygen atoms in total. The number of nitrogens with zero attached hydrogens (tertiary/aromatic N) is 3. The van der Waals surface area contributed by atoms with E-state index in [4.69, 9.17) is 5.73 Å². The number of halogens is 3. The first-order valence-corrected chi connectivity index (χ1v) is 5.01. The molecule has 0 saturated carbocycles. The smallest absolute Gasteiger partial charge is 0.375 e. The molecule has 9 heteroatoms. The van der Waals surface area contributed by atoms with E-state index in [0.29, 0.717) is 10.8 Å². The third kappa shape index (κ3) is 2.30. The number of nitrogens with two attached hydrogens (primary N) is 1. The van der Waals surface area contributed by atoms with Gasteiger partial charge in [-0.1, -0.05) is 0 Å². The van der Waals surface area contributed by atoms with E-state index >= 15 is 0 Å². The van der Waals surface area contributed by atoms with Crippen LogP contribution < -0.4 is 5.73 Å². The molecule has 0 aliphatic carbocycles. The molecule has 0 aliphatic heterocycles. The van der Waals surface area contributed by atoms with Crippen molar-refractivity contribution in [1.29, 1.82) is 0 Å². The van der Waals surface area contributed by atoms with Crippen LogP contribution in [0.3, 0.4) is 0 Å². The minimum absolute atomic E-state index is 0.109. The van der Waals surface area contributed by atoms with Crippen molar-refractivity contribution in [3.05, 3.63) is 22.7 Å². The topological polar surface area (TPSA) is 80.5 Å². The van der Waals surface area contributed by atoms with Crippen LogP contribution in [-0.2, 0) is 12.6 Å². The number of anilines is 1. The maximum atomic E-state index is 12.2. The second-order valence-electron chi connectivity index (χ2n) is 2.96. The maximum Gasteiger partial charge on any atom is 0.453 e. The monoisotopic (exact) mass is 249 g/mol. The fourth-order valence-corrected chi connectivity index (χ4v) is 1.64. The standard InChI is InChI=1S/C7H6F3N5S/c8-7(9,10)5-13-4(14-15-5)1-3-2-16-6(11)12-3/h2H,1H2,(H2,11,12)(H,13,14,15). The first-order valence-electron chi connectivity index (χ1n) is 4.13. The summed E-state index contributed by atoms with van der Waals surface area (Å²) < 4.78 is 36.5. The molecule has 2 aromatic rings. The molecule has 16 heavy (non-hydrogen) atoms. The molecule has 0 radical (unpaired) electrons. The van der Waals surface area contributed by atoms with E-state index in [-0.39, 0.29) is 12.2 Å². The predicted molar refractivity (Wildman–Crippen MR) is 50.7 cm³/mol. The van der Waals surface area contributed by atoms with Crippen molar-refractivity contribution >= 4 is 16.5 Å². The summed E-state index contributed by atoms with van der Waals surface area (Å²) in [5, 5.41) is 7.31. The predicted octanol–water partition coefficient (Wildman–Crippen LogP) is 1.45. The van der Waals surface area contributed by atoms with Gasteiger partial charge in [0.25, 0.3) is 5.82 Å². The third-order valence-electron chi connectivity index (χ3n) is 1.70. The summed E-state index contributed by atoms with van der Waals surface area (Å²) in [5.74, 6) is -1.07. The second kappa shape index (κ2) is 3.74. The molecular weight excluding hydrogens is 243 g/mol. The highest BCUT2D eigenvalue weighted by molar-refractivity contribution is 7.13. The number of nitrogens with one attached hydrogen (secondary N) is 1. The van der Waals surface area contributed by atoms with Gasteiger partial charge in [-0.05, 0) is 0 Å². The van der Waals surface area contributed by atoms with Gasteiger partial charge in [0.1, 0.15) is 5.82 Å². The fraction of sp³-hybridized carbons (Fsp3) is 0.286. The number of aromatic amines is 1. The molecule has 0 fully saturated rings. The zero-order chi connectivity index (χ0) is 11.8. The quantitative estimate of drug-likeness (QED) is 0.844. The summed E-state index contributed by atoms with van der Waals surface area (Å²) >= 11 is 1.22. The molecule has 0 amide bonds. The zero-order valence-corrected chi connectivity index (χ0v) is 8.56. The van der Waals surface area contributed by atoms with Gasteiger partial charge in [-0.2, -0.15) is 13.2 Å². The minimum Gasteiger partial charge on any atom is -0.375 e. The SMILES string of the molecule is Nc1nc(Cc2nc(C(F)(F)F)n[nH]2)cs1. The van der Waals surface area contributed by atoms with Crippen LogP contribution >= 0.6 is 11.3 Å². The highest BCUT2D eigenvalue weighted by Crippen LogP contribution is 2.25. The summed E-state index contributed by atoms with van der Waals surface area (Å²) in [6.45, 7) is 0. The number of aromatic nitrogens is 4. The van der Waals surface area contributed by atoms with E-state index in [9.17, 15) is 13.2 Å². The van der Waals surface area contributed by atoms with Crippen molar-refractivity contribution in [1.82, 2.24) is 20.2 Å². The number of alkyl halides is 3. The van der Waals surface area contributed by atoms with Crippen LogP contribution in [0.15, 0.2) is 5.38 Å². The Morgan fingerprint density at radius 2 is 2.12 bits per heavy atom. The Balaban J connectivity index is 2.14. The summed E-state index contributed by atoms with van der Waals surface area (Å²) in [5.41, 5.74) is 5.95. The molecule has 0 bridgehead atoms. The van der Waals surface area contributed by atoms with Crippen LogP contribution in [0.4, 0.5) is 18.3 Å². The number of hydrogen-bond donors (Lipinski definition) is 2. The van der Waals surface area contributed by atoms with E-state index in [1.807, 2.05) is 0 Å². The van der Waals surface area contributed by atoms with Crippen molar-refractivity contribution < 1.29 is 13.2 Å². The van der Waals surface area contributed by atoms with Crippen molar-refractivity contribution in [2.24, 2.45) is 0 Å². The molecule has 2 rings (SSSR count). The highest BCUT2D eigenvalue weighted by Gasteiger charge is 2.35. The van der Waals surface area contributed by atoms with E-state index in [0.717, 1.165) is 0 Å². The normalized spacial score (nSPS) is 11.9. The molecule has 2 heterocycles. The first kappa shape index (κ1) is 10.9. The van der Waals surface area contributed by atoms with E-state index in [1.165, 1.54) is 11.3 Å². The van der Waals surface area contributed by atoms with Gasteiger partial charge >= 0.3 is 6.18 Å².